The molecule has 5 nitrogen and oxygen atoms in total. The highest BCUT2D eigenvalue weighted by molar-refractivity contribution is 5.63. The van der Waals surface area contributed by atoms with Crippen LogP contribution in [0.15, 0.2) is 48.5 Å². The van der Waals surface area contributed by atoms with Gasteiger partial charge in [-0.05, 0) is 49.9 Å². The Balaban J connectivity index is 1.39. The van der Waals surface area contributed by atoms with E-state index in [4.69, 9.17) is 0 Å². The van der Waals surface area contributed by atoms with E-state index in [0.717, 1.165) is 41.6 Å². The van der Waals surface area contributed by atoms with Crippen molar-refractivity contribution in [2.75, 3.05) is 22.5 Å². The lowest BCUT2D eigenvalue weighted by atomic mass is 9.89. The average molecular weight is 406 g/mol. The lowest BCUT2D eigenvalue weighted by Gasteiger charge is -2.18. The summed E-state index contributed by atoms with van der Waals surface area (Å²) in [4.78, 5) is 8.99. The number of halogens is 1. The summed E-state index contributed by atoms with van der Waals surface area (Å²) in [5, 5.41) is 10.1. The summed E-state index contributed by atoms with van der Waals surface area (Å²) >= 11 is 0. The van der Waals surface area contributed by atoms with Gasteiger partial charge in [0.1, 0.15) is 23.3 Å². The zero-order chi connectivity index (χ0) is 21.1. The van der Waals surface area contributed by atoms with Crippen molar-refractivity contribution in [1.82, 2.24) is 9.97 Å². The molecule has 30 heavy (non-hydrogen) atoms. The molecule has 2 atom stereocenters. The second-order valence-corrected chi connectivity index (χ2v) is 7.93. The van der Waals surface area contributed by atoms with Crippen LogP contribution in [0.5, 0.6) is 0 Å². The molecule has 156 valence electrons. The van der Waals surface area contributed by atoms with E-state index in [-0.39, 0.29) is 17.8 Å². The van der Waals surface area contributed by atoms with E-state index in [9.17, 15) is 4.39 Å². The third-order valence-corrected chi connectivity index (χ3v) is 5.67. The number of aromatic nitrogens is 2. The van der Waals surface area contributed by atoms with Gasteiger partial charge in [0.15, 0.2) is 0 Å². The van der Waals surface area contributed by atoms with E-state index < -0.39 is 0 Å². The summed E-state index contributed by atoms with van der Waals surface area (Å²) < 4.78 is 14.2. The van der Waals surface area contributed by atoms with Crippen LogP contribution in [0, 0.1) is 19.7 Å². The molecule has 4 rings (SSSR count). The van der Waals surface area contributed by atoms with E-state index in [1.165, 1.54) is 5.56 Å². The van der Waals surface area contributed by atoms with Crippen LogP contribution in [-0.4, -0.2) is 22.6 Å². The second-order valence-electron chi connectivity index (χ2n) is 7.93. The standard InChI is InChI=1S/C24H28FN5/c1-15-9-10-20(25)24-23(15)19(16(2)28-24)11-12-26-21-13-22(30-17(3)29-21)27-14-18-7-5-4-6-8-18/h4-10,13,16,19,28H,11-12,14H2,1-3H3,(H2,26,27,29,30). The second kappa shape index (κ2) is 8.69. The van der Waals surface area contributed by atoms with Crippen molar-refractivity contribution in [2.24, 2.45) is 0 Å². The average Bonchev–Trinajstić information content (AvgIpc) is 3.07. The van der Waals surface area contributed by atoms with Crippen molar-refractivity contribution in [3.05, 3.63) is 76.9 Å². The molecule has 0 radical (unpaired) electrons. The minimum atomic E-state index is -0.168. The number of hydrogen-bond donors (Lipinski definition) is 3. The van der Waals surface area contributed by atoms with Crippen LogP contribution < -0.4 is 16.0 Å². The molecule has 0 bridgehead atoms. The maximum atomic E-state index is 14.2. The van der Waals surface area contributed by atoms with Gasteiger partial charge in [0.25, 0.3) is 0 Å². The van der Waals surface area contributed by atoms with E-state index in [2.05, 4.69) is 51.9 Å². The molecule has 1 aliphatic heterocycles. The molecule has 0 spiro atoms. The smallest absolute Gasteiger partial charge is 0.146 e. The van der Waals surface area contributed by atoms with Crippen molar-refractivity contribution < 1.29 is 4.39 Å². The third-order valence-electron chi connectivity index (χ3n) is 5.67. The van der Waals surface area contributed by atoms with E-state index in [1.807, 2.05) is 37.3 Å². The molecule has 0 aliphatic carbocycles. The Labute approximate surface area is 177 Å². The molecule has 0 saturated heterocycles. The van der Waals surface area contributed by atoms with Gasteiger partial charge in [0, 0.05) is 31.1 Å². The van der Waals surface area contributed by atoms with Gasteiger partial charge in [-0.25, -0.2) is 14.4 Å². The number of rotatable bonds is 7. The van der Waals surface area contributed by atoms with E-state index in [1.54, 1.807) is 6.07 Å². The maximum Gasteiger partial charge on any atom is 0.146 e. The van der Waals surface area contributed by atoms with Gasteiger partial charge < -0.3 is 16.0 Å². The Morgan fingerprint density at radius 2 is 1.73 bits per heavy atom. The first kappa shape index (κ1) is 20.1. The van der Waals surface area contributed by atoms with Crippen molar-refractivity contribution >= 4 is 17.3 Å². The summed E-state index contributed by atoms with van der Waals surface area (Å²) in [6.07, 6.45) is 0.890. The zero-order valence-electron chi connectivity index (χ0n) is 17.7. The highest BCUT2D eigenvalue weighted by Gasteiger charge is 2.32. The Morgan fingerprint density at radius 3 is 2.50 bits per heavy atom. The molecule has 0 saturated carbocycles. The Kier molecular flexibility index (Phi) is 5.84. The fourth-order valence-corrected chi connectivity index (χ4v) is 4.19. The number of nitrogens with one attached hydrogen (secondary N) is 3. The highest BCUT2D eigenvalue weighted by atomic mass is 19.1. The summed E-state index contributed by atoms with van der Waals surface area (Å²) in [7, 11) is 0. The normalized spacial score (nSPS) is 17.3. The Morgan fingerprint density at radius 1 is 1.00 bits per heavy atom. The molecule has 3 aromatic rings. The number of nitrogens with zero attached hydrogens (tertiary/aromatic N) is 2. The number of fused-ring (bicyclic) bond motifs is 1. The lowest BCUT2D eigenvalue weighted by Crippen LogP contribution is -2.19. The van der Waals surface area contributed by atoms with Crippen LogP contribution >= 0.6 is 0 Å². The fourth-order valence-electron chi connectivity index (χ4n) is 4.19. The third kappa shape index (κ3) is 4.37. The lowest BCUT2D eigenvalue weighted by molar-refractivity contribution is 0.596. The number of benzene rings is 2. The van der Waals surface area contributed by atoms with Gasteiger partial charge in [0.05, 0.1) is 5.69 Å². The van der Waals surface area contributed by atoms with E-state index in [0.29, 0.717) is 12.2 Å². The van der Waals surface area contributed by atoms with Gasteiger partial charge in [-0.1, -0.05) is 36.4 Å². The molecule has 2 heterocycles. The van der Waals surface area contributed by atoms with Gasteiger partial charge in [-0.2, -0.15) is 0 Å². The van der Waals surface area contributed by atoms with Crippen LogP contribution in [0.2, 0.25) is 0 Å². The van der Waals surface area contributed by atoms with Crippen LogP contribution in [0.4, 0.5) is 21.7 Å². The molecule has 2 aromatic carbocycles. The Bertz CT molecular complexity index is 1020. The molecule has 1 aromatic heterocycles. The molecular formula is C24H28FN5. The first-order chi connectivity index (χ1) is 14.5. The topological polar surface area (TPSA) is 61.9 Å². The summed E-state index contributed by atoms with van der Waals surface area (Å²) in [6, 6.07) is 15.8. The number of aryl methyl sites for hydroxylation is 2. The molecule has 0 amide bonds. The minimum absolute atomic E-state index is 0.168. The molecule has 2 unspecified atom stereocenters. The van der Waals surface area contributed by atoms with Gasteiger partial charge in [0.2, 0.25) is 0 Å². The largest absolute Gasteiger partial charge is 0.379 e. The summed E-state index contributed by atoms with van der Waals surface area (Å²) in [5.74, 6) is 2.41. The number of anilines is 3. The quantitative estimate of drug-likeness (QED) is 0.501. The van der Waals surface area contributed by atoms with Crippen molar-refractivity contribution in [3.8, 4) is 0 Å². The van der Waals surface area contributed by atoms with Gasteiger partial charge >= 0.3 is 0 Å². The van der Waals surface area contributed by atoms with Crippen LogP contribution in [0.3, 0.4) is 0 Å². The minimum Gasteiger partial charge on any atom is -0.379 e. The van der Waals surface area contributed by atoms with Crippen molar-refractivity contribution in [1.29, 1.82) is 0 Å². The van der Waals surface area contributed by atoms with Crippen molar-refractivity contribution in [2.45, 2.75) is 45.7 Å². The van der Waals surface area contributed by atoms with Crippen LogP contribution in [-0.2, 0) is 6.54 Å². The fraction of sp³-hybridized carbons (Fsp3) is 0.333. The first-order valence-electron chi connectivity index (χ1n) is 10.4. The van der Waals surface area contributed by atoms with Crippen LogP contribution in [0.1, 0.15) is 41.8 Å². The Hall–Kier alpha value is -3.15. The first-order valence-corrected chi connectivity index (χ1v) is 10.4. The van der Waals surface area contributed by atoms with Crippen molar-refractivity contribution in [3.63, 3.8) is 0 Å². The van der Waals surface area contributed by atoms with Crippen LogP contribution in [0.25, 0.3) is 0 Å². The van der Waals surface area contributed by atoms with Gasteiger partial charge in [-0.15, -0.1) is 0 Å². The molecule has 1 aliphatic rings. The molecule has 3 N–H and O–H groups in total. The predicted octanol–water partition coefficient (Wildman–Crippen LogP) is 5.24. The monoisotopic (exact) mass is 405 g/mol. The summed E-state index contributed by atoms with van der Waals surface area (Å²) in [6.45, 7) is 7.52. The molecule has 0 fully saturated rings. The molecular weight excluding hydrogens is 377 g/mol. The number of hydrogen-bond acceptors (Lipinski definition) is 5. The van der Waals surface area contributed by atoms with Gasteiger partial charge in [-0.3, -0.25) is 0 Å². The summed E-state index contributed by atoms with van der Waals surface area (Å²) in [5.41, 5.74) is 4.11. The zero-order valence-corrected chi connectivity index (χ0v) is 17.7. The van der Waals surface area contributed by atoms with E-state index >= 15 is 0 Å². The SMILES string of the molecule is Cc1nc(NCCC2c3c(C)ccc(F)c3NC2C)cc(NCc2ccccc2)n1. The molecule has 6 heteroatoms. The maximum absolute atomic E-state index is 14.2. The highest BCUT2D eigenvalue weighted by Crippen LogP contribution is 2.41. The predicted molar refractivity (Wildman–Crippen MR) is 121 cm³/mol.